The second-order valence-corrected chi connectivity index (χ2v) is 8.59. The van der Waals surface area contributed by atoms with Crippen LogP contribution in [0.25, 0.3) is 11.1 Å². The molecule has 2 aromatic carbocycles. The Labute approximate surface area is 198 Å². The van der Waals surface area contributed by atoms with Crippen molar-refractivity contribution in [2.45, 2.75) is 18.4 Å². The Kier molecular flexibility index (Phi) is 6.88. The van der Waals surface area contributed by atoms with Crippen molar-refractivity contribution in [3.05, 3.63) is 82.0 Å². The van der Waals surface area contributed by atoms with Gasteiger partial charge in [0.15, 0.2) is 0 Å². The molecule has 0 radical (unpaired) electrons. The third-order valence-corrected chi connectivity index (χ3v) is 6.33. The van der Waals surface area contributed by atoms with Crippen LogP contribution in [0.5, 0.6) is 0 Å². The van der Waals surface area contributed by atoms with Gasteiger partial charge in [0.25, 0.3) is 5.91 Å². The Balaban J connectivity index is 1.35. The van der Waals surface area contributed by atoms with E-state index in [4.69, 9.17) is 9.84 Å². The third kappa shape index (κ3) is 5.07. The van der Waals surface area contributed by atoms with Crippen molar-refractivity contribution in [3.63, 3.8) is 0 Å². The molecular formula is C24H21N3O6S. The normalized spacial score (nSPS) is 12.7. The predicted octanol–water partition coefficient (Wildman–Crippen LogP) is 2.43. The maximum atomic E-state index is 12.5. The average Bonchev–Trinajstić information content (AvgIpc) is 3.46. The molecule has 1 aromatic heterocycles. The van der Waals surface area contributed by atoms with Crippen molar-refractivity contribution < 1.29 is 29.0 Å². The minimum atomic E-state index is -1.71. The number of hydrogen-bond acceptors (Lipinski definition) is 6. The molecule has 0 aliphatic heterocycles. The molecule has 1 unspecified atom stereocenters. The van der Waals surface area contributed by atoms with Crippen LogP contribution in [-0.4, -0.2) is 41.6 Å². The van der Waals surface area contributed by atoms with Crippen LogP contribution in [0.4, 0.5) is 4.79 Å². The van der Waals surface area contributed by atoms with Crippen molar-refractivity contribution in [1.82, 2.24) is 16.2 Å². The molecule has 0 spiro atoms. The van der Waals surface area contributed by atoms with Gasteiger partial charge in [0.05, 0.1) is 0 Å². The van der Waals surface area contributed by atoms with E-state index >= 15 is 0 Å². The number of fused-ring (bicyclic) bond motifs is 3. The van der Waals surface area contributed by atoms with Crippen molar-refractivity contribution >= 4 is 35.2 Å². The summed E-state index contributed by atoms with van der Waals surface area (Å²) in [6.45, 7) is 0.0596. The lowest BCUT2D eigenvalue weighted by Crippen LogP contribution is -2.54. The highest BCUT2D eigenvalue weighted by atomic mass is 32.1. The molecule has 1 atom stereocenters. The minimum absolute atomic E-state index is 0.0596. The largest absolute Gasteiger partial charge is 0.474 e. The molecule has 0 bridgehead atoms. The quantitative estimate of drug-likeness (QED) is 0.317. The second kappa shape index (κ2) is 10.2. The topological polar surface area (TPSA) is 134 Å². The fraction of sp³-hybridized carbons (Fsp3) is 0.167. The number of carboxylic acids is 1. The van der Waals surface area contributed by atoms with Gasteiger partial charge in [0.2, 0.25) is 0 Å². The number of ether oxygens (including phenoxy) is 1. The van der Waals surface area contributed by atoms with Crippen molar-refractivity contribution in [1.29, 1.82) is 0 Å². The van der Waals surface area contributed by atoms with E-state index in [1.807, 2.05) is 48.5 Å². The highest BCUT2D eigenvalue weighted by Gasteiger charge is 2.29. The van der Waals surface area contributed by atoms with E-state index in [0.717, 1.165) is 27.1 Å². The number of hydrazine groups is 1. The molecule has 3 amide bonds. The lowest BCUT2D eigenvalue weighted by atomic mass is 9.98. The summed E-state index contributed by atoms with van der Waals surface area (Å²) < 4.78 is 5.35. The van der Waals surface area contributed by atoms with Gasteiger partial charge in [-0.1, -0.05) is 54.6 Å². The van der Waals surface area contributed by atoms with Crippen molar-refractivity contribution in [2.75, 3.05) is 6.61 Å². The Morgan fingerprint density at radius 1 is 0.912 bits per heavy atom. The van der Waals surface area contributed by atoms with E-state index < -0.39 is 29.9 Å². The lowest BCUT2D eigenvalue weighted by molar-refractivity contribution is -0.151. The summed E-state index contributed by atoms with van der Waals surface area (Å²) in [5.74, 6) is -3.96. The molecule has 1 aliphatic rings. The van der Waals surface area contributed by atoms with Crippen molar-refractivity contribution in [2.24, 2.45) is 0 Å². The zero-order chi connectivity index (χ0) is 24.1. The highest BCUT2D eigenvalue weighted by Crippen LogP contribution is 2.44. The van der Waals surface area contributed by atoms with Crippen LogP contribution in [0.1, 0.15) is 21.9 Å². The van der Waals surface area contributed by atoms with Crippen LogP contribution in [0.2, 0.25) is 0 Å². The summed E-state index contributed by atoms with van der Waals surface area (Å²) in [5, 5.41) is 12.8. The van der Waals surface area contributed by atoms with E-state index in [-0.39, 0.29) is 18.9 Å². The predicted molar refractivity (Wildman–Crippen MR) is 124 cm³/mol. The number of hydrogen-bond donors (Lipinski definition) is 4. The van der Waals surface area contributed by atoms with Crippen LogP contribution in [0.15, 0.2) is 66.0 Å². The van der Waals surface area contributed by atoms with Gasteiger partial charge >= 0.3 is 18.0 Å². The number of rotatable bonds is 6. The van der Waals surface area contributed by atoms with Gasteiger partial charge < -0.3 is 15.2 Å². The number of thiophene rings is 1. The summed E-state index contributed by atoms with van der Waals surface area (Å²) in [6, 6.07) is 18.1. The van der Waals surface area contributed by atoms with Crippen LogP contribution < -0.4 is 16.2 Å². The van der Waals surface area contributed by atoms with Gasteiger partial charge in [0.1, 0.15) is 12.6 Å². The van der Waals surface area contributed by atoms with E-state index in [0.29, 0.717) is 0 Å². The number of benzene rings is 2. The van der Waals surface area contributed by atoms with Gasteiger partial charge in [-0.2, -0.15) is 0 Å². The van der Waals surface area contributed by atoms with Crippen LogP contribution in [0.3, 0.4) is 0 Å². The van der Waals surface area contributed by atoms with Gasteiger partial charge in [-0.3, -0.25) is 15.0 Å². The van der Waals surface area contributed by atoms with Crippen molar-refractivity contribution in [3.8, 4) is 11.1 Å². The fourth-order valence-corrected chi connectivity index (χ4v) is 4.65. The van der Waals surface area contributed by atoms with E-state index in [2.05, 4.69) is 16.2 Å². The summed E-state index contributed by atoms with van der Waals surface area (Å²) in [4.78, 5) is 48.0. The van der Waals surface area contributed by atoms with Crippen LogP contribution in [-0.2, 0) is 25.5 Å². The van der Waals surface area contributed by atoms with Gasteiger partial charge in [0, 0.05) is 17.2 Å². The Bertz CT molecular complexity index is 1180. The molecule has 10 heteroatoms. The smallest absolute Gasteiger partial charge is 0.426 e. The number of carboxylic acid groups (broad SMARTS) is 1. The van der Waals surface area contributed by atoms with Gasteiger partial charge in [-0.15, -0.1) is 11.3 Å². The van der Waals surface area contributed by atoms with E-state index in [1.54, 1.807) is 17.5 Å². The van der Waals surface area contributed by atoms with Gasteiger partial charge in [-0.25, -0.2) is 15.0 Å². The molecule has 4 rings (SSSR count). The Morgan fingerprint density at radius 3 is 2.15 bits per heavy atom. The summed E-state index contributed by atoms with van der Waals surface area (Å²) in [6.07, 6.45) is -0.816. The second-order valence-electron chi connectivity index (χ2n) is 7.55. The van der Waals surface area contributed by atoms with Crippen LogP contribution >= 0.6 is 11.3 Å². The molecule has 9 nitrogen and oxygen atoms in total. The summed E-state index contributed by atoms with van der Waals surface area (Å²) in [7, 11) is 0. The summed E-state index contributed by atoms with van der Waals surface area (Å²) in [5.41, 5.74) is 8.62. The number of nitrogens with one attached hydrogen (secondary N) is 3. The first kappa shape index (κ1) is 23.0. The monoisotopic (exact) mass is 479 g/mol. The standard InChI is InChI=1S/C24H21N3O6S/c28-21(20(25-22(29)23(30)31)12-14-6-5-11-34-14)26-27-24(32)33-13-19-17-9-3-1-7-15(17)16-8-2-4-10-18(16)19/h1-11,19-20H,12-13H2,(H,25,29)(H,26,28)(H,27,32)(H,30,31). The fourth-order valence-electron chi connectivity index (χ4n) is 3.89. The van der Waals surface area contributed by atoms with E-state index in [9.17, 15) is 19.2 Å². The maximum Gasteiger partial charge on any atom is 0.426 e. The Morgan fingerprint density at radius 2 is 1.56 bits per heavy atom. The third-order valence-electron chi connectivity index (χ3n) is 5.43. The van der Waals surface area contributed by atoms with E-state index in [1.165, 1.54) is 11.3 Å². The zero-order valence-electron chi connectivity index (χ0n) is 17.8. The summed E-state index contributed by atoms with van der Waals surface area (Å²) >= 11 is 1.35. The molecule has 3 aromatic rings. The molecule has 0 saturated carbocycles. The first-order valence-corrected chi connectivity index (χ1v) is 11.3. The molecule has 4 N–H and O–H groups in total. The van der Waals surface area contributed by atoms with Gasteiger partial charge in [-0.05, 0) is 33.7 Å². The number of aliphatic carboxylic acids is 1. The molecular weight excluding hydrogens is 458 g/mol. The molecule has 1 heterocycles. The zero-order valence-corrected chi connectivity index (χ0v) is 18.6. The molecule has 34 heavy (non-hydrogen) atoms. The first-order chi connectivity index (χ1) is 16.4. The van der Waals surface area contributed by atoms with Crippen LogP contribution in [0, 0.1) is 0 Å². The first-order valence-electron chi connectivity index (χ1n) is 10.4. The number of amides is 3. The minimum Gasteiger partial charge on any atom is -0.474 e. The maximum absolute atomic E-state index is 12.5. The molecule has 0 saturated heterocycles. The number of carbonyl (C=O) groups is 4. The SMILES string of the molecule is O=C(NNC(=O)C(Cc1cccs1)NC(=O)C(=O)O)OCC1c2ccccc2-c2ccccc21. The lowest BCUT2D eigenvalue weighted by Gasteiger charge is -2.18. The highest BCUT2D eigenvalue weighted by molar-refractivity contribution is 7.09. The molecule has 1 aliphatic carbocycles. The Hall–Kier alpha value is -4.18. The number of carbonyl (C=O) groups excluding carboxylic acids is 3. The molecule has 174 valence electrons. The average molecular weight is 480 g/mol. The molecule has 0 fully saturated rings.